The number of aliphatic imine (C=N–C) groups is 1. The van der Waals surface area contributed by atoms with Crippen molar-refractivity contribution in [1.82, 2.24) is 25.3 Å². The molecule has 0 bridgehead atoms. The molecule has 0 aromatic heterocycles. The van der Waals surface area contributed by atoms with Crippen LogP contribution < -0.4 is 10.6 Å². The molecule has 27 heavy (non-hydrogen) atoms. The van der Waals surface area contributed by atoms with Gasteiger partial charge in [-0.1, -0.05) is 13.3 Å². The fourth-order valence-corrected chi connectivity index (χ4v) is 4.07. The van der Waals surface area contributed by atoms with E-state index in [-0.39, 0.29) is 5.91 Å². The van der Waals surface area contributed by atoms with Crippen LogP contribution in [0.25, 0.3) is 0 Å². The Kier molecular flexibility index (Phi) is 9.91. The summed E-state index contributed by atoms with van der Waals surface area (Å²) in [5.74, 6) is 1.11. The van der Waals surface area contributed by atoms with E-state index in [0.29, 0.717) is 0 Å². The highest BCUT2D eigenvalue weighted by atomic mass is 16.2. The summed E-state index contributed by atoms with van der Waals surface area (Å²) < 4.78 is 0. The number of nitrogens with one attached hydrogen (secondary N) is 2. The molecule has 0 saturated carbocycles. The summed E-state index contributed by atoms with van der Waals surface area (Å²) in [7, 11) is 0. The number of guanidine groups is 1. The van der Waals surface area contributed by atoms with Crippen molar-refractivity contribution in [3.8, 4) is 0 Å². The number of likely N-dealkylation sites (tertiary alicyclic amines) is 1. The van der Waals surface area contributed by atoms with Crippen LogP contribution in [-0.2, 0) is 4.79 Å². The maximum absolute atomic E-state index is 11.4. The molecule has 1 unspecified atom stereocenters. The molecular weight excluding hydrogens is 340 g/mol. The first-order valence-corrected chi connectivity index (χ1v) is 10.9. The van der Waals surface area contributed by atoms with E-state index >= 15 is 0 Å². The van der Waals surface area contributed by atoms with Crippen LogP contribution in [0.4, 0.5) is 0 Å². The maximum atomic E-state index is 11.4. The Balaban J connectivity index is 1.68. The van der Waals surface area contributed by atoms with Crippen LogP contribution in [0, 0.1) is 0 Å². The lowest BCUT2D eigenvalue weighted by molar-refractivity contribution is -0.130. The molecule has 2 aliphatic rings. The first-order chi connectivity index (χ1) is 13.1. The van der Waals surface area contributed by atoms with Crippen LogP contribution in [0.2, 0.25) is 0 Å². The van der Waals surface area contributed by atoms with Gasteiger partial charge in [-0.25, -0.2) is 0 Å². The molecule has 2 aliphatic heterocycles. The molecule has 2 saturated heterocycles. The summed E-state index contributed by atoms with van der Waals surface area (Å²) in [5, 5.41) is 6.82. The van der Waals surface area contributed by atoms with Crippen molar-refractivity contribution in [1.29, 1.82) is 0 Å². The zero-order valence-corrected chi connectivity index (χ0v) is 17.7. The molecule has 2 heterocycles. The molecule has 7 heteroatoms. The van der Waals surface area contributed by atoms with Crippen molar-refractivity contribution in [3.05, 3.63) is 0 Å². The standard InChI is InChI=1S/C20H40N6O/c1-4-19-8-6-7-11-26(19)13-10-23-20(21-5-2)22-9-12-24-14-16-25(17-15-24)18(3)27/h19H,4-17H2,1-3H3,(H2,21,22,23). The number of piperidine rings is 1. The van der Waals surface area contributed by atoms with Gasteiger partial charge in [0.05, 0.1) is 6.54 Å². The molecule has 0 spiro atoms. The van der Waals surface area contributed by atoms with E-state index < -0.39 is 0 Å². The molecule has 0 radical (unpaired) electrons. The molecule has 2 N–H and O–H groups in total. The lowest BCUT2D eigenvalue weighted by Gasteiger charge is -2.34. The van der Waals surface area contributed by atoms with Gasteiger partial charge in [0.15, 0.2) is 5.96 Å². The van der Waals surface area contributed by atoms with Gasteiger partial charge < -0.3 is 15.5 Å². The predicted molar refractivity (Wildman–Crippen MR) is 112 cm³/mol. The number of carbonyl (C=O) groups is 1. The summed E-state index contributed by atoms with van der Waals surface area (Å²) in [6.45, 7) is 15.6. The van der Waals surface area contributed by atoms with Crippen molar-refractivity contribution in [3.63, 3.8) is 0 Å². The van der Waals surface area contributed by atoms with Crippen molar-refractivity contribution in [2.24, 2.45) is 4.99 Å². The number of amides is 1. The molecule has 0 aromatic carbocycles. The van der Waals surface area contributed by atoms with Gasteiger partial charge in [-0.2, -0.15) is 0 Å². The highest BCUT2D eigenvalue weighted by molar-refractivity contribution is 5.79. The Morgan fingerprint density at radius 2 is 1.81 bits per heavy atom. The summed E-state index contributed by atoms with van der Waals surface area (Å²) in [6, 6.07) is 0.748. The lowest BCUT2D eigenvalue weighted by atomic mass is 10.0. The van der Waals surface area contributed by atoms with E-state index in [1.165, 1.54) is 32.2 Å². The van der Waals surface area contributed by atoms with Crippen LogP contribution in [0.1, 0.15) is 46.5 Å². The number of nitrogens with zero attached hydrogens (tertiary/aromatic N) is 4. The SMILES string of the molecule is CCNC(=NCCN1CCCCC1CC)NCCN1CCN(C(C)=O)CC1. The third-order valence-corrected chi connectivity index (χ3v) is 5.76. The summed E-state index contributed by atoms with van der Waals surface area (Å²) >= 11 is 0. The van der Waals surface area contributed by atoms with Gasteiger partial charge in [0.25, 0.3) is 0 Å². The lowest BCUT2D eigenvalue weighted by Crippen LogP contribution is -2.50. The molecule has 2 rings (SSSR count). The third-order valence-electron chi connectivity index (χ3n) is 5.76. The van der Waals surface area contributed by atoms with Crippen molar-refractivity contribution in [2.45, 2.75) is 52.5 Å². The average molecular weight is 381 g/mol. The van der Waals surface area contributed by atoms with Crippen LogP contribution in [0.3, 0.4) is 0 Å². The maximum Gasteiger partial charge on any atom is 0.219 e. The van der Waals surface area contributed by atoms with Gasteiger partial charge in [0.2, 0.25) is 5.91 Å². The minimum atomic E-state index is 0.188. The van der Waals surface area contributed by atoms with E-state index in [2.05, 4.69) is 34.3 Å². The van der Waals surface area contributed by atoms with Gasteiger partial charge in [0.1, 0.15) is 0 Å². The Morgan fingerprint density at radius 1 is 1.04 bits per heavy atom. The number of hydrogen-bond acceptors (Lipinski definition) is 4. The first kappa shape index (κ1) is 22.0. The van der Waals surface area contributed by atoms with Gasteiger partial charge in [-0.3, -0.25) is 19.6 Å². The Morgan fingerprint density at radius 3 is 2.48 bits per heavy atom. The normalized spacial score (nSPS) is 22.7. The molecule has 2 fully saturated rings. The fraction of sp³-hybridized carbons (Fsp3) is 0.900. The summed E-state index contributed by atoms with van der Waals surface area (Å²) in [5.41, 5.74) is 0. The average Bonchev–Trinajstić information content (AvgIpc) is 2.68. The smallest absolute Gasteiger partial charge is 0.219 e. The number of rotatable bonds is 8. The van der Waals surface area contributed by atoms with E-state index in [1.807, 2.05) is 4.90 Å². The molecule has 1 amide bonds. The first-order valence-electron chi connectivity index (χ1n) is 10.9. The second-order valence-electron chi connectivity index (χ2n) is 7.63. The van der Waals surface area contributed by atoms with E-state index in [4.69, 9.17) is 4.99 Å². The topological polar surface area (TPSA) is 63.2 Å². The second-order valence-corrected chi connectivity index (χ2v) is 7.63. The number of carbonyl (C=O) groups excluding carboxylic acids is 1. The van der Waals surface area contributed by atoms with Gasteiger partial charge >= 0.3 is 0 Å². The van der Waals surface area contributed by atoms with Gasteiger partial charge in [0, 0.05) is 65.3 Å². The number of piperazine rings is 1. The Hall–Kier alpha value is -1.34. The third kappa shape index (κ3) is 7.66. The minimum absolute atomic E-state index is 0.188. The Bertz CT molecular complexity index is 461. The fourth-order valence-electron chi connectivity index (χ4n) is 4.07. The highest BCUT2D eigenvalue weighted by Crippen LogP contribution is 2.18. The molecule has 0 aliphatic carbocycles. The largest absolute Gasteiger partial charge is 0.357 e. The quantitative estimate of drug-likeness (QED) is 0.485. The zero-order chi connectivity index (χ0) is 19.5. The van der Waals surface area contributed by atoms with Crippen LogP contribution in [-0.4, -0.2) is 98.1 Å². The van der Waals surface area contributed by atoms with Crippen LogP contribution in [0.15, 0.2) is 4.99 Å². The highest BCUT2D eigenvalue weighted by Gasteiger charge is 2.20. The van der Waals surface area contributed by atoms with E-state index in [1.54, 1.807) is 6.92 Å². The minimum Gasteiger partial charge on any atom is -0.357 e. The molecule has 1 atom stereocenters. The van der Waals surface area contributed by atoms with Crippen molar-refractivity contribution in [2.75, 3.05) is 65.4 Å². The zero-order valence-electron chi connectivity index (χ0n) is 17.7. The van der Waals surface area contributed by atoms with Gasteiger partial charge in [-0.15, -0.1) is 0 Å². The predicted octanol–water partition coefficient (Wildman–Crippen LogP) is 0.970. The Labute approximate surface area is 165 Å². The molecule has 156 valence electrons. The van der Waals surface area contributed by atoms with Crippen LogP contribution in [0.5, 0.6) is 0 Å². The van der Waals surface area contributed by atoms with E-state index in [9.17, 15) is 4.79 Å². The van der Waals surface area contributed by atoms with Crippen molar-refractivity contribution < 1.29 is 4.79 Å². The second kappa shape index (κ2) is 12.2. The monoisotopic (exact) mass is 380 g/mol. The molecule has 0 aromatic rings. The van der Waals surface area contributed by atoms with Crippen LogP contribution >= 0.6 is 0 Å². The van der Waals surface area contributed by atoms with E-state index in [0.717, 1.165) is 70.9 Å². The van der Waals surface area contributed by atoms with Crippen molar-refractivity contribution >= 4 is 11.9 Å². The summed E-state index contributed by atoms with van der Waals surface area (Å²) in [4.78, 5) is 23.1. The molecule has 7 nitrogen and oxygen atoms in total. The molecular formula is C20H40N6O. The van der Waals surface area contributed by atoms with Gasteiger partial charge in [-0.05, 0) is 32.7 Å². The number of hydrogen-bond donors (Lipinski definition) is 2. The summed E-state index contributed by atoms with van der Waals surface area (Å²) in [6.07, 6.45) is 5.30.